The quantitative estimate of drug-likeness (QED) is 0.815. The second kappa shape index (κ2) is 4.67. The second-order valence-corrected chi connectivity index (χ2v) is 3.51. The van der Waals surface area contributed by atoms with Crippen LogP contribution in [0.3, 0.4) is 0 Å². The maximum Gasteiger partial charge on any atom is 0.239 e. The number of carbonyl (C=O) groups excluding carboxylic acids is 1. The van der Waals surface area contributed by atoms with Gasteiger partial charge in [0.05, 0.1) is 11.3 Å². The van der Waals surface area contributed by atoms with E-state index in [1.165, 1.54) is 0 Å². The fourth-order valence-corrected chi connectivity index (χ4v) is 1.21. The van der Waals surface area contributed by atoms with Crippen LogP contribution in [0.2, 0.25) is 5.02 Å². The summed E-state index contributed by atoms with van der Waals surface area (Å²) >= 11 is 5.77. The van der Waals surface area contributed by atoms with Gasteiger partial charge in [0, 0.05) is 5.02 Å². The molecule has 5 heteroatoms. The standard InChI is InChI=1S/C10H10ClN3O/c1-6(10(13)15)14-9-4-8(11)3-2-7(9)5-12/h2-4,6,14H,1H3,(H2,13,15). The van der Waals surface area contributed by atoms with Crippen LogP contribution < -0.4 is 11.1 Å². The van der Waals surface area contributed by atoms with E-state index >= 15 is 0 Å². The van der Waals surface area contributed by atoms with Crippen LogP contribution in [0.25, 0.3) is 0 Å². The highest BCUT2D eigenvalue weighted by atomic mass is 35.5. The molecule has 1 amide bonds. The fourth-order valence-electron chi connectivity index (χ4n) is 1.04. The van der Waals surface area contributed by atoms with Crippen LogP contribution >= 0.6 is 11.6 Å². The summed E-state index contributed by atoms with van der Waals surface area (Å²) in [6.07, 6.45) is 0. The molecule has 78 valence electrons. The number of halogens is 1. The first-order valence-corrected chi connectivity index (χ1v) is 4.68. The lowest BCUT2D eigenvalue weighted by molar-refractivity contribution is -0.118. The van der Waals surface area contributed by atoms with Crippen LogP contribution in [0.4, 0.5) is 5.69 Å². The Morgan fingerprint density at radius 1 is 1.67 bits per heavy atom. The molecule has 1 aromatic carbocycles. The average Bonchev–Trinajstić information content (AvgIpc) is 2.18. The van der Waals surface area contributed by atoms with E-state index in [4.69, 9.17) is 22.6 Å². The van der Waals surface area contributed by atoms with Crippen molar-refractivity contribution >= 4 is 23.2 Å². The van der Waals surface area contributed by atoms with Crippen molar-refractivity contribution in [2.24, 2.45) is 5.73 Å². The molecule has 0 heterocycles. The van der Waals surface area contributed by atoms with Gasteiger partial charge < -0.3 is 11.1 Å². The van der Waals surface area contributed by atoms with Gasteiger partial charge in [-0.25, -0.2) is 0 Å². The van der Waals surface area contributed by atoms with E-state index < -0.39 is 11.9 Å². The highest BCUT2D eigenvalue weighted by molar-refractivity contribution is 6.30. The van der Waals surface area contributed by atoms with Crippen LogP contribution in [-0.2, 0) is 4.79 Å². The summed E-state index contributed by atoms with van der Waals surface area (Å²) in [5, 5.41) is 12.1. The highest BCUT2D eigenvalue weighted by Crippen LogP contribution is 2.20. The fraction of sp³-hybridized carbons (Fsp3) is 0.200. The van der Waals surface area contributed by atoms with Crippen molar-refractivity contribution in [3.05, 3.63) is 28.8 Å². The minimum atomic E-state index is -0.546. The molecule has 1 aromatic rings. The molecule has 0 radical (unpaired) electrons. The van der Waals surface area contributed by atoms with E-state index in [9.17, 15) is 4.79 Å². The largest absolute Gasteiger partial charge is 0.373 e. The Balaban J connectivity index is 2.98. The third-order valence-electron chi connectivity index (χ3n) is 1.90. The minimum absolute atomic E-state index is 0.424. The molecule has 0 fully saturated rings. The Morgan fingerprint density at radius 2 is 2.33 bits per heavy atom. The van der Waals surface area contributed by atoms with Crippen molar-refractivity contribution in [2.45, 2.75) is 13.0 Å². The number of hydrogen-bond acceptors (Lipinski definition) is 3. The predicted octanol–water partition coefficient (Wildman–Crippen LogP) is 1.50. The first kappa shape index (κ1) is 11.3. The van der Waals surface area contributed by atoms with Crippen LogP contribution in [-0.4, -0.2) is 11.9 Å². The predicted molar refractivity (Wildman–Crippen MR) is 58.4 cm³/mol. The molecule has 4 nitrogen and oxygen atoms in total. The number of nitrogens with one attached hydrogen (secondary N) is 1. The van der Waals surface area contributed by atoms with E-state index in [0.29, 0.717) is 16.3 Å². The lowest BCUT2D eigenvalue weighted by Crippen LogP contribution is -2.32. The summed E-state index contributed by atoms with van der Waals surface area (Å²) in [5.74, 6) is -0.487. The molecule has 0 saturated heterocycles. The lowest BCUT2D eigenvalue weighted by Gasteiger charge is -2.12. The highest BCUT2D eigenvalue weighted by Gasteiger charge is 2.10. The van der Waals surface area contributed by atoms with E-state index in [0.717, 1.165) is 0 Å². The zero-order valence-electron chi connectivity index (χ0n) is 8.12. The van der Waals surface area contributed by atoms with E-state index in [-0.39, 0.29) is 0 Å². The van der Waals surface area contributed by atoms with Gasteiger partial charge >= 0.3 is 0 Å². The van der Waals surface area contributed by atoms with Gasteiger partial charge in [0.1, 0.15) is 12.1 Å². The summed E-state index contributed by atoms with van der Waals surface area (Å²) in [5.41, 5.74) is 6.03. The molecule has 0 aromatic heterocycles. The minimum Gasteiger partial charge on any atom is -0.373 e. The van der Waals surface area contributed by atoms with Crippen LogP contribution in [0.5, 0.6) is 0 Å². The molecule has 1 atom stereocenters. The molecule has 3 N–H and O–H groups in total. The number of hydrogen-bond donors (Lipinski definition) is 2. The third-order valence-corrected chi connectivity index (χ3v) is 2.14. The van der Waals surface area contributed by atoms with Crippen LogP contribution in [0.15, 0.2) is 18.2 Å². The number of benzene rings is 1. The van der Waals surface area contributed by atoms with Crippen molar-refractivity contribution in [3.63, 3.8) is 0 Å². The zero-order chi connectivity index (χ0) is 11.4. The number of rotatable bonds is 3. The van der Waals surface area contributed by atoms with Crippen molar-refractivity contribution in [1.29, 1.82) is 5.26 Å². The Kier molecular flexibility index (Phi) is 3.53. The summed E-state index contributed by atoms with van der Waals surface area (Å²) < 4.78 is 0. The first-order valence-electron chi connectivity index (χ1n) is 4.30. The maximum absolute atomic E-state index is 10.8. The molecule has 1 rings (SSSR count). The molecule has 0 aliphatic carbocycles. The Bertz CT molecular complexity index is 425. The Labute approximate surface area is 92.6 Å². The van der Waals surface area contributed by atoms with Gasteiger partial charge in [-0.1, -0.05) is 11.6 Å². The molecule has 0 aliphatic rings. The van der Waals surface area contributed by atoms with E-state index in [1.54, 1.807) is 25.1 Å². The van der Waals surface area contributed by atoms with Gasteiger partial charge in [0.25, 0.3) is 0 Å². The van der Waals surface area contributed by atoms with Crippen LogP contribution in [0.1, 0.15) is 12.5 Å². The molecular weight excluding hydrogens is 214 g/mol. The summed E-state index contributed by atoms with van der Waals surface area (Å²) in [7, 11) is 0. The first-order chi connectivity index (χ1) is 7.04. The Morgan fingerprint density at radius 3 is 2.87 bits per heavy atom. The number of nitriles is 1. The van der Waals surface area contributed by atoms with Gasteiger partial charge in [-0.15, -0.1) is 0 Å². The average molecular weight is 224 g/mol. The normalized spacial score (nSPS) is 11.5. The monoisotopic (exact) mass is 223 g/mol. The molecule has 0 spiro atoms. The number of nitrogens with zero attached hydrogens (tertiary/aromatic N) is 1. The van der Waals surface area contributed by atoms with Crippen molar-refractivity contribution in [2.75, 3.05) is 5.32 Å². The van der Waals surface area contributed by atoms with Gasteiger partial charge in [0.2, 0.25) is 5.91 Å². The van der Waals surface area contributed by atoms with E-state index in [2.05, 4.69) is 5.32 Å². The number of nitrogens with two attached hydrogens (primary N) is 1. The van der Waals surface area contributed by atoms with Crippen molar-refractivity contribution < 1.29 is 4.79 Å². The summed E-state index contributed by atoms with van der Waals surface area (Å²) in [4.78, 5) is 10.8. The van der Waals surface area contributed by atoms with E-state index in [1.807, 2.05) is 6.07 Å². The smallest absolute Gasteiger partial charge is 0.239 e. The lowest BCUT2D eigenvalue weighted by atomic mass is 10.1. The number of anilines is 1. The van der Waals surface area contributed by atoms with Gasteiger partial charge in [-0.2, -0.15) is 5.26 Å². The van der Waals surface area contributed by atoms with Crippen molar-refractivity contribution in [1.82, 2.24) is 0 Å². The topological polar surface area (TPSA) is 78.9 Å². The Hall–Kier alpha value is -1.73. The molecule has 15 heavy (non-hydrogen) atoms. The third kappa shape index (κ3) is 2.86. The second-order valence-electron chi connectivity index (χ2n) is 3.07. The van der Waals surface area contributed by atoms with Gasteiger partial charge in [-0.05, 0) is 25.1 Å². The SMILES string of the molecule is CC(Nc1cc(Cl)ccc1C#N)C(N)=O. The van der Waals surface area contributed by atoms with Crippen LogP contribution in [0, 0.1) is 11.3 Å². The molecule has 0 aliphatic heterocycles. The number of amides is 1. The number of primary amides is 1. The molecule has 0 saturated carbocycles. The molecule has 0 bridgehead atoms. The maximum atomic E-state index is 10.8. The van der Waals surface area contributed by atoms with Crippen molar-refractivity contribution in [3.8, 4) is 6.07 Å². The van der Waals surface area contributed by atoms with Gasteiger partial charge in [-0.3, -0.25) is 4.79 Å². The van der Waals surface area contributed by atoms with Gasteiger partial charge in [0.15, 0.2) is 0 Å². The molecule has 1 unspecified atom stereocenters. The number of carbonyl (C=O) groups is 1. The molecular formula is C10H10ClN3O. The summed E-state index contributed by atoms with van der Waals surface area (Å²) in [6.45, 7) is 1.62. The zero-order valence-corrected chi connectivity index (χ0v) is 8.88. The summed E-state index contributed by atoms with van der Waals surface area (Å²) in [6, 6.07) is 6.22.